The maximum atomic E-state index is 11.0. The van der Waals surface area contributed by atoms with E-state index in [1.165, 1.54) is 33.9 Å². The summed E-state index contributed by atoms with van der Waals surface area (Å²) in [5, 5.41) is 303. The number of nitrogens with one attached hydrogen (secondary N) is 2. The summed E-state index contributed by atoms with van der Waals surface area (Å²) in [6, 6.07) is -3.59. The lowest BCUT2D eigenvalue weighted by Crippen LogP contribution is -2.60. The minimum absolute atomic E-state index is 0.0106. The third kappa shape index (κ3) is 29.3. The lowest BCUT2D eigenvalue weighted by atomic mass is 9.87. The second-order valence-electron chi connectivity index (χ2n) is 25.9. The minimum Gasteiger partial charge on any atom is -0.507 e. The maximum Gasteiger partial charge on any atom is 0.218 e. The summed E-state index contributed by atoms with van der Waals surface area (Å²) in [4.78, 5) is 0. The molecule has 0 spiro atoms. The van der Waals surface area contributed by atoms with Gasteiger partial charge in [-0.1, -0.05) is 36.4 Å². The van der Waals surface area contributed by atoms with Crippen molar-refractivity contribution in [1.29, 1.82) is 0 Å². The largest absolute Gasteiger partial charge is 0.507 e. The molecule has 0 amide bonds. The molecule has 5 rings (SSSR count). The van der Waals surface area contributed by atoms with Crippen molar-refractivity contribution in [2.45, 2.75) is 226 Å². The zero-order valence-corrected chi connectivity index (χ0v) is 61.5. The van der Waals surface area contributed by atoms with Gasteiger partial charge < -0.3 is 201 Å². The fourth-order valence-electron chi connectivity index (χ4n) is 11.4. The van der Waals surface area contributed by atoms with Gasteiger partial charge in [-0.05, 0) is 36.5 Å². The summed E-state index contributed by atoms with van der Waals surface area (Å²) >= 11 is 0. The van der Waals surface area contributed by atoms with Crippen LogP contribution in [-0.2, 0) is 78.4 Å². The average Bonchev–Trinajstić information content (AvgIpc) is 0.834. The fourth-order valence-corrected chi connectivity index (χ4v) is 11.4. The molecule has 2 aliphatic carbocycles. The first-order valence-electron chi connectivity index (χ1n) is 35.9. The van der Waals surface area contributed by atoms with Crippen molar-refractivity contribution in [2.24, 2.45) is 0 Å². The molecule has 29 N–H and O–H groups in total. The number of aliphatic hydroxyl groups excluding tert-OH is 27. The zero-order chi connectivity index (χ0) is 82.9. The van der Waals surface area contributed by atoms with Crippen molar-refractivity contribution >= 4 is 0 Å². The molecule has 0 radical (unpaired) electrons. The molecule has 0 aromatic carbocycles. The van der Waals surface area contributed by atoms with E-state index in [2.05, 4.69) is 31.3 Å². The Labute approximate surface area is 640 Å². The van der Waals surface area contributed by atoms with Crippen LogP contribution in [0.2, 0.25) is 0 Å². The van der Waals surface area contributed by atoms with Crippen LogP contribution in [0, 0.1) is 0 Å². The minimum atomic E-state index is -2.58. The zero-order valence-electron chi connectivity index (χ0n) is 61.5. The Hall–Kier alpha value is -6.00. The number of aromatic nitrogens is 6. The number of aliphatic hydroxyl groups is 27. The Morgan fingerprint density at radius 3 is 1.42 bits per heavy atom. The van der Waals surface area contributed by atoms with E-state index in [-0.39, 0.29) is 114 Å². The number of hydrogen-bond acceptors (Lipinski definition) is 44. The van der Waals surface area contributed by atoms with Crippen LogP contribution in [0.15, 0.2) is 82.1 Å². The van der Waals surface area contributed by atoms with Crippen molar-refractivity contribution in [3.05, 3.63) is 93.5 Å². The molecule has 0 bridgehead atoms. The molecule has 1 fully saturated rings. The van der Waals surface area contributed by atoms with E-state index >= 15 is 0 Å². The summed E-state index contributed by atoms with van der Waals surface area (Å²) in [6.45, 7) is 0.247. The van der Waals surface area contributed by atoms with E-state index < -0.39 is 253 Å². The smallest absolute Gasteiger partial charge is 0.218 e. The van der Waals surface area contributed by atoms with Crippen molar-refractivity contribution in [2.75, 3.05) is 92.5 Å². The van der Waals surface area contributed by atoms with Gasteiger partial charge in [0.05, 0.1) is 123 Å². The maximum absolute atomic E-state index is 11.0. The van der Waals surface area contributed by atoms with E-state index in [9.17, 15) is 138 Å². The molecular formula is C66H112N8O38. The van der Waals surface area contributed by atoms with Gasteiger partial charge in [0.1, 0.15) is 103 Å². The fraction of sp³-hybridized carbons (Fsp3) is 0.758. The molecule has 1 aliphatic heterocycles. The average molecular weight is 1630 g/mol. The number of rotatable bonds is 55. The summed E-state index contributed by atoms with van der Waals surface area (Å²) in [5.41, 5.74) is 0.442. The summed E-state index contributed by atoms with van der Waals surface area (Å²) in [7, 11) is 0. The topological polar surface area (TPSA) is 733 Å². The van der Waals surface area contributed by atoms with Gasteiger partial charge in [-0.3, -0.25) is 0 Å². The van der Waals surface area contributed by atoms with Crippen LogP contribution in [0.1, 0.15) is 63.8 Å². The molecule has 1 saturated heterocycles. The third-order valence-electron chi connectivity index (χ3n) is 17.8. The second-order valence-corrected chi connectivity index (χ2v) is 25.9. The number of nitrogens with zero attached hydrogens (tertiary/aromatic N) is 6. The standard InChI is InChI=1S/C66H112N8O38/c1-3-34(67-38-21-32(27-78)46(83)53(90)48(38)85)23-40(81)61(97)108-42(5-10-75)51(88)57(94)64(100)110-44(7-12-77)50(87)56(93)63(99)106-30-36-25-73(71-69-36)8-13-102-15-17-104-19-20-105-18-16-103-14-9-74-26-37(70-72-74)31-107-66-59(96)55(92)60(45(29-80)111-66)112-65(101)58(95)52(89)43(6-11-76)109-62(98)41(82)24-35(4-2)68-39-22-33(28-79)47(84)54(91)49(39)86/h21-23,25-26,34-35,38-39,41-49,53-55,59-68,75-101H,3-20,24,27-31H2,1-2H3/b40-23-,56-50+,57-51+,58-52-/t34-,35+,38+,39-,41?,42-,43+,44-,45?,46-,47+,48+,49+,53+,54-,55?,59?,60+,61-,62+,63+,64-,65+,66+/m0/s1. The van der Waals surface area contributed by atoms with Crippen LogP contribution in [0.25, 0.3) is 0 Å². The van der Waals surface area contributed by atoms with Crippen LogP contribution < -0.4 is 10.6 Å². The molecule has 3 aliphatic rings. The van der Waals surface area contributed by atoms with Gasteiger partial charge in [0.2, 0.25) is 25.2 Å². The van der Waals surface area contributed by atoms with Crippen LogP contribution in [-0.4, -0.2) is 408 Å². The molecule has 644 valence electrons. The van der Waals surface area contributed by atoms with Gasteiger partial charge >= 0.3 is 0 Å². The van der Waals surface area contributed by atoms with Gasteiger partial charge in [-0.2, -0.15) is 0 Å². The molecule has 46 heteroatoms. The highest BCUT2D eigenvalue weighted by molar-refractivity contribution is 5.24. The van der Waals surface area contributed by atoms with Crippen LogP contribution in [0.5, 0.6) is 0 Å². The van der Waals surface area contributed by atoms with Gasteiger partial charge in [0.25, 0.3) is 0 Å². The van der Waals surface area contributed by atoms with E-state index in [0.29, 0.717) is 0 Å². The quantitative estimate of drug-likeness (QED) is 0.0127. The highest BCUT2D eigenvalue weighted by Gasteiger charge is 2.48. The number of hydrogen-bond donors (Lipinski definition) is 29. The Bertz CT molecular complexity index is 3200. The van der Waals surface area contributed by atoms with Crippen molar-refractivity contribution in [3.63, 3.8) is 0 Å². The van der Waals surface area contributed by atoms with Gasteiger partial charge in [0, 0.05) is 51.2 Å². The number of ether oxygens (including phenoxy) is 11. The van der Waals surface area contributed by atoms with Crippen LogP contribution in [0.3, 0.4) is 0 Å². The molecule has 24 atom stereocenters. The van der Waals surface area contributed by atoms with E-state index in [1.54, 1.807) is 13.8 Å². The molecule has 2 aromatic rings. The second kappa shape index (κ2) is 49.8. The summed E-state index contributed by atoms with van der Waals surface area (Å²) in [6.07, 6.45) is -32.2. The Morgan fingerprint density at radius 2 is 0.955 bits per heavy atom. The van der Waals surface area contributed by atoms with Crippen LogP contribution in [0.4, 0.5) is 0 Å². The SMILES string of the molecule is CC[C@H](CC(O)[C@H](O)O[C@H](CCO)/C(O)=C(/O)[C@H](O)O[C@@H]1C(CO)O[C@@H](OCc2cn(CCOCCOCCOCCOCCn3cc(CO[C@@H](O)/C(O)=C(\O)[C@H](CCO)O[C@H](O)/C(O)=C(\O)[C@H](CCO)O[C@H](O)/C(O)=C/[C@H](CC)N[C@@H]4C=C(CO)[C@H](O)[C@@H](O)[C@@H]4O)nn3)nn2)C(O)C1O)N[C@H]1C=C(CO)[C@@H](O)[C@H](O)[C@@H]1O. The van der Waals surface area contributed by atoms with Gasteiger partial charge in [0.15, 0.2) is 47.1 Å². The molecule has 112 heavy (non-hydrogen) atoms. The van der Waals surface area contributed by atoms with E-state index in [1.807, 2.05) is 0 Å². The molecular weight excluding hydrogens is 1510 g/mol. The monoisotopic (exact) mass is 1620 g/mol. The van der Waals surface area contributed by atoms with E-state index in [4.69, 9.17) is 52.1 Å². The molecule has 3 heterocycles. The molecule has 0 saturated carbocycles. The van der Waals surface area contributed by atoms with Crippen molar-refractivity contribution in [3.8, 4) is 0 Å². The third-order valence-corrected chi connectivity index (χ3v) is 17.8. The molecule has 2 aromatic heterocycles. The molecule has 46 nitrogen and oxygen atoms in total. The molecule has 4 unspecified atom stereocenters. The predicted molar refractivity (Wildman–Crippen MR) is 372 cm³/mol. The Morgan fingerprint density at radius 1 is 0.509 bits per heavy atom. The lowest BCUT2D eigenvalue weighted by molar-refractivity contribution is -0.324. The normalized spacial score (nSPS) is 27.0. The van der Waals surface area contributed by atoms with Crippen LogP contribution >= 0.6 is 0 Å². The predicted octanol–water partition coefficient (Wildman–Crippen LogP) is -8.93. The lowest BCUT2D eigenvalue weighted by Gasteiger charge is -2.42. The highest BCUT2D eigenvalue weighted by Crippen LogP contribution is 2.30. The summed E-state index contributed by atoms with van der Waals surface area (Å²) < 4.78 is 62.5. The van der Waals surface area contributed by atoms with Gasteiger partial charge in [-0.15, -0.1) is 10.2 Å². The summed E-state index contributed by atoms with van der Waals surface area (Å²) in [5.74, 6) is -8.56. The Balaban J connectivity index is 0.934. The highest BCUT2D eigenvalue weighted by atomic mass is 16.7. The van der Waals surface area contributed by atoms with Crippen molar-refractivity contribution < 1.29 is 190 Å². The first-order valence-corrected chi connectivity index (χ1v) is 35.9. The Kier molecular flexibility index (Phi) is 43.0. The van der Waals surface area contributed by atoms with E-state index in [0.717, 1.165) is 6.08 Å². The first kappa shape index (κ1) is 96.6. The van der Waals surface area contributed by atoms with Crippen molar-refractivity contribution in [1.82, 2.24) is 40.6 Å². The van der Waals surface area contributed by atoms with Gasteiger partial charge in [-0.25, -0.2) is 9.36 Å². The first-order chi connectivity index (χ1) is 53.4.